The topological polar surface area (TPSA) is 47.9 Å². The lowest BCUT2D eigenvalue weighted by molar-refractivity contribution is -0.163. The van der Waals surface area contributed by atoms with E-state index in [0.717, 1.165) is 58.5 Å². The van der Waals surface area contributed by atoms with E-state index in [9.17, 15) is 0 Å². The second kappa shape index (κ2) is 11.0. The van der Waals surface area contributed by atoms with Crippen molar-refractivity contribution in [1.29, 1.82) is 0 Å². The molecule has 0 saturated carbocycles. The lowest BCUT2D eigenvalue weighted by Gasteiger charge is -2.22. The van der Waals surface area contributed by atoms with Gasteiger partial charge in [-0.1, -0.05) is 0 Å². The second-order valence-corrected chi connectivity index (χ2v) is 4.42. The standard InChI is InChI=1S/C13H26O4/c14-8-2-4-9-15-10-5-6-12-17-13-7-1-3-11-16-13/h13-14H,1-12H2. The van der Waals surface area contributed by atoms with E-state index < -0.39 is 0 Å². The maximum atomic E-state index is 8.58. The highest BCUT2D eigenvalue weighted by molar-refractivity contribution is 4.54. The molecule has 0 aliphatic carbocycles. The molecule has 1 aliphatic heterocycles. The fourth-order valence-electron chi connectivity index (χ4n) is 1.78. The number of rotatable bonds is 10. The summed E-state index contributed by atoms with van der Waals surface area (Å²) in [6.07, 6.45) is 7.31. The van der Waals surface area contributed by atoms with Crippen LogP contribution < -0.4 is 0 Å². The third-order valence-electron chi connectivity index (χ3n) is 2.82. The van der Waals surface area contributed by atoms with E-state index in [1.807, 2.05) is 0 Å². The Morgan fingerprint density at radius 2 is 1.76 bits per heavy atom. The Morgan fingerprint density at radius 1 is 1.00 bits per heavy atom. The fraction of sp³-hybridized carbons (Fsp3) is 1.00. The van der Waals surface area contributed by atoms with Gasteiger partial charge in [0.25, 0.3) is 0 Å². The highest BCUT2D eigenvalue weighted by atomic mass is 16.7. The van der Waals surface area contributed by atoms with Gasteiger partial charge < -0.3 is 19.3 Å². The van der Waals surface area contributed by atoms with E-state index in [1.165, 1.54) is 12.8 Å². The molecule has 17 heavy (non-hydrogen) atoms. The predicted molar refractivity (Wildman–Crippen MR) is 65.9 cm³/mol. The van der Waals surface area contributed by atoms with Crippen molar-refractivity contribution in [2.45, 2.75) is 51.2 Å². The lowest BCUT2D eigenvalue weighted by atomic mass is 10.2. The number of aliphatic hydroxyl groups is 1. The highest BCUT2D eigenvalue weighted by Crippen LogP contribution is 2.13. The van der Waals surface area contributed by atoms with Crippen molar-refractivity contribution in [2.24, 2.45) is 0 Å². The van der Waals surface area contributed by atoms with Crippen molar-refractivity contribution >= 4 is 0 Å². The molecule has 0 aromatic rings. The molecule has 1 aliphatic rings. The molecule has 0 aromatic heterocycles. The molecule has 0 aromatic carbocycles. The second-order valence-electron chi connectivity index (χ2n) is 4.42. The van der Waals surface area contributed by atoms with Gasteiger partial charge in [-0.25, -0.2) is 0 Å². The molecule has 1 saturated heterocycles. The number of ether oxygens (including phenoxy) is 3. The van der Waals surface area contributed by atoms with E-state index >= 15 is 0 Å². The van der Waals surface area contributed by atoms with Crippen molar-refractivity contribution in [3.8, 4) is 0 Å². The van der Waals surface area contributed by atoms with Crippen LogP contribution in [0.5, 0.6) is 0 Å². The summed E-state index contributed by atoms with van der Waals surface area (Å²) < 4.78 is 16.5. The number of hydrogen-bond acceptors (Lipinski definition) is 4. The minimum absolute atomic E-state index is 0.0363. The number of hydrogen-bond donors (Lipinski definition) is 1. The van der Waals surface area contributed by atoms with Crippen LogP contribution in [0.15, 0.2) is 0 Å². The molecule has 4 nitrogen and oxygen atoms in total. The predicted octanol–water partition coefficient (Wildman–Crippen LogP) is 2.10. The van der Waals surface area contributed by atoms with Crippen LogP contribution in [0.25, 0.3) is 0 Å². The van der Waals surface area contributed by atoms with Gasteiger partial charge in [0, 0.05) is 33.0 Å². The number of unbranched alkanes of at least 4 members (excludes halogenated alkanes) is 2. The average molecular weight is 246 g/mol. The Morgan fingerprint density at radius 3 is 2.47 bits per heavy atom. The first-order valence-corrected chi connectivity index (χ1v) is 6.85. The zero-order valence-electron chi connectivity index (χ0n) is 10.7. The van der Waals surface area contributed by atoms with Crippen molar-refractivity contribution in [2.75, 3.05) is 33.0 Å². The van der Waals surface area contributed by atoms with Crippen molar-refractivity contribution in [3.63, 3.8) is 0 Å². The van der Waals surface area contributed by atoms with Crippen molar-refractivity contribution in [1.82, 2.24) is 0 Å². The minimum Gasteiger partial charge on any atom is -0.396 e. The Kier molecular flexibility index (Phi) is 9.61. The van der Waals surface area contributed by atoms with Gasteiger partial charge in [0.2, 0.25) is 0 Å². The van der Waals surface area contributed by atoms with Gasteiger partial charge in [0.05, 0.1) is 0 Å². The molecule has 0 bridgehead atoms. The monoisotopic (exact) mass is 246 g/mol. The molecule has 1 atom stereocenters. The van der Waals surface area contributed by atoms with Crippen LogP contribution in [-0.2, 0) is 14.2 Å². The van der Waals surface area contributed by atoms with Crippen LogP contribution in [0, 0.1) is 0 Å². The first kappa shape index (κ1) is 14.9. The van der Waals surface area contributed by atoms with Gasteiger partial charge in [0.15, 0.2) is 6.29 Å². The maximum Gasteiger partial charge on any atom is 0.157 e. The largest absolute Gasteiger partial charge is 0.396 e. The van der Waals surface area contributed by atoms with Crippen LogP contribution in [0.3, 0.4) is 0 Å². The maximum absolute atomic E-state index is 8.58. The van der Waals surface area contributed by atoms with Crippen LogP contribution in [0.4, 0.5) is 0 Å². The molecule has 1 heterocycles. The van der Waals surface area contributed by atoms with E-state index in [2.05, 4.69) is 0 Å². The Balaban J connectivity index is 1.75. The quantitative estimate of drug-likeness (QED) is 0.600. The molecular formula is C13H26O4. The lowest BCUT2D eigenvalue weighted by Crippen LogP contribution is -2.22. The normalized spacial score (nSPS) is 20.6. The first-order chi connectivity index (χ1) is 8.43. The van der Waals surface area contributed by atoms with Gasteiger partial charge in [-0.15, -0.1) is 0 Å². The zero-order valence-corrected chi connectivity index (χ0v) is 10.7. The van der Waals surface area contributed by atoms with Gasteiger partial charge in [-0.3, -0.25) is 0 Å². The zero-order chi connectivity index (χ0) is 12.2. The first-order valence-electron chi connectivity index (χ1n) is 6.85. The van der Waals surface area contributed by atoms with Crippen LogP contribution >= 0.6 is 0 Å². The Bertz CT molecular complexity index is 157. The van der Waals surface area contributed by atoms with E-state index in [4.69, 9.17) is 19.3 Å². The fourth-order valence-corrected chi connectivity index (χ4v) is 1.78. The number of aliphatic hydroxyl groups excluding tert-OH is 1. The van der Waals surface area contributed by atoms with E-state index in [1.54, 1.807) is 0 Å². The summed E-state index contributed by atoms with van der Waals surface area (Å²) in [6.45, 7) is 3.43. The highest BCUT2D eigenvalue weighted by Gasteiger charge is 2.13. The molecule has 1 rings (SSSR count). The van der Waals surface area contributed by atoms with E-state index in [0.29, 0.717) is 0 Å². The molecule has 1 N–H and O–H groups in total. The summed E-state index contributed by atoms with van der Waals surface area (Å²) in [5.74, 6) is 0. The molecular weight excluding hydrogens is 220 g/mol. The Hall–Kier alpha value is -0.160. The minimum atomic E-state index is 0.0363. The molecule has 0 spiro atoms. The summed E-state index contributed by atoms with van der Waals surface area (Å²) in [7, 11) is 0. The molecule has 1 fully saturated rings. The molecule has 102 valence electrons. The Labute approximate surface area is 104 Å². The third-order valence-corrected chi connectivity index (χ3v) is 2.82. The average Bonchev–Trinajstić information content (AvgIpc) is 2.38. The van der Waals surface area contributed by atoms with Crippen molar-refractivity contribution < 1.29 is 19.3 Å². The molecule has 4 heteroatoms. The summed E-state index contributed by atoms with van der Waals surface area (Å²) >= 11 is 0. The summed E-state index contributed by atoms with van der Waals surface area (Å²) in [5.41, 5.74) is 0. The van der Waals surface area contributed by atoms with E-state index in [-0.39, 0.29) is 12.9 Å². The molecule has 0 amide bonds. The van der Waals surface area contributed by atoms with Gasteiger partial charge in [-0.05, 0) is 44.9 Å². The van der Waals surface area contributed by atoms with Gasteiger partial charge in [-0.2, -0.15) is 0 Å². The van der Waals surface area contributed by atoms with Gasteiger partial charge in [0.1, 0.15) is 0 Å². The molecule has 0 radical (unpaired) electrons. The van der Waals surface area contributed by atoms with Crippen LogP contribution in [-0.4, -0.2) is 44.4 Å². The summed E-state index contributed by atoms with van der Waals surface area (Å²) in [5, 5.41) is 8.58. The van der Waals surface area contributed by atoms with Gasteiger partial charge >= 0.3 is 0 Å². The summed E-state index contributed by atoms with van der Waals surface area (Å²) in [4.78, 5) is 0. The van der Waals surface area contributed by atoms with Crippen molar-refractivity contribution in [3.05, 3.63) is 0 Å². The van der Waals surface area contributed by atoms with Crippen LogP contribution in [0.1, 0.15) is 44.9 Å². The molecule has 1 unspecified atom stereocenters. The smallest absolute Gasteiger partial charge is 0.157 e. The summed E-state index contributed by atoms with van der Waals surface area (Å²) in [6, 6.07) is 0. The SMILES string of the molecule is OCCCCOCCCCOC1CCCCO1. The third kappa shape index (κ3) is 8.55. The van der Waals surface area contributed by atoms with Crippen LogP contribution in [0.2, 0.25) is 0 Å².